The molecule has 0 amide bonds. The molecule has 2 heterocycles. The van der Waals surface area contributed by atoms with Crippen molar-refractivity contribution >= 4 is 32.4 Å². The SMILES string of the molecule is CC1=CC([O-])=NS(=O)(=O)O1.CC1=CC([O-])=NS(=O)(=O)O1. The predicted octanol–water partition coefficient (Wildman–Crippen LogP) is -2.15. The zero-order valence-electron chi connectivity index (χ0n) is 10.1. The summed E-state index contributed by atoms with van der Waals surface area (Å²) >= 11 is 0. The highest BCUT2D eigenvalue weighted by Crippen LogP contribution is 2.09. The molecule has 0 unspecified atom stereocenters. The van der Waals surface area contributed by atoms with Gasteiger partial charge in [-0.1, -0.05) is 0 Å². The molecule has 10 nitrogen and oxygen atoms in total. The van der Waals surface area contributed by atoms with Crippen LogP contribution in [0.5, 0.6) is 0 Å². The topological polar surface area (TPSA) is 158 Å². The van der Waals surface area contributed by atoms with Gasteiger partial charge in [-0.2, -0.15) is 16.8 Å². The lowest BCUT2D eigenvalue weighted by Crippen LogP contribution is -2.21. The van der Waals surface area contributed by atoms with E-state index >= 15 is 0 Å². The van der Waals surface area contributed by atoms with E-state index in [9.17, 15) is 27.0 Å². The Hall–Kier alpha value is -2.08. The van der Waals surface area contributed by atoms with Crippen molar-refractivity contribution in [2.75, 3.05) is 0 Å². The Balaban J connectivity index is 0.000000200. The van der Waals surface area contributed by atoms with Gasteiger partial charge >= 0.3 is 20.6 Å². The third kappa shape index (κ3) is 5.27. The van der Waals surface area contributed by atoms with Crippen LogP contribution in [0.15, 0.2) is 32.5 Å². The maximum Gasteiger partial charge on any atom is 0.427 e. The molecule has 0 aliphatic carbocycles. The van der Waals surface area contributed by atoms with E-state index < -0.39 is 32.4 Å². The molecule has 0 radical (unpaired) electrons. The number of allylic oxidation sites excluding steroid dienone is 2. The van der Waals surface area contributed by atoms with Crippen LogP contribution in [0.25, 0.3) is 0 Å². The first-order valence-corrected chi connectivity index (χ1v) is 7.51. The van der Waals surface area contributed by atoms with E-state index in [1.165, 1.54) is 13.8 Å². The van der Waals surface area contributed by atoms with Crippen LogP contribution in [-0.2, 0) is 29.0 Å². The molecule has 2 aliphatic heterocycles. The normalized spacial score (nSPS) is 22.5. The molecule has 112 valence electrons. The van der Waals surface area contributed by atoms with Crippen molar-refractivity contribution in [1.29, 1.82) is 0 Å². The summed E-state index contributed by atoms with van der Waals surface area (Å²) < 4.78 is 55.5. The second-order valence-electron chi connectivity index (χ2n) is 3.39. The van der Waals surface area contributed by atoms with E-state index in [1.54, 1.807) is 0 Å². The summed E-state index contributed by atoms with van der Waals surface area (Å²) in [7, 11) is -7.95. The lowest BCUT2D eigenvalue weighted by Gasteiger charge is -2.12. The van der Waals surface area contributed by atoms with Crippen molar-refractivity contribution in [3.8, 4) is 0 Å². The van der Waals surface area contributed by atoms with Crippen molar-refractivity contribution in [2.24, 2.45) is 8.80 Å². The highest BCUT2D eigenvalue weighted by atomic mass is 32.2. The number of hydrogen-bond acceptors (Lipinski definition) is 8. The number of nitrogens with zero attached hydrogens (tertiary/aromatic N) is 2. The Bertz CT molecular complexity index is 662. The molecule has 2 aliphatic rings. The van der Waals surface area contributed by atoms with E-state index in [-0.39, 0.29) is 11.5 Å². The van der Waals surface area contributed by atoms with Crippen molar-refractivity contribution in [3.63, 3.8) is 0 Å². The fourth-order valence-corrected chi connectivity index (χ4v) is 2.42. The quantitative estimate of drug-likeness (QED) is 0.487. The Labute approximate surface area is 114 Å². The molecular weight excluding hydrogens is 316 g/mol. The molecule has 0 aromatic carbocycles. The van der Waals surface area contributed by atoms with E-state index in [1.807, 2.05) is 0 Å². The van der Waals surface area contributed by atoms with Crippen molar-refractivity contribution in [1.82, 2.24) is 0 Å². The lowest BCUT2D eigenvalue weighted by atomic mass is 10.5. The molecule has 0 aromatic heterocycles. The van der Waals surface area contributed by atoms with Gasteiger partial charge in [0.05, 0.1) is 0 Å². The van der Waals surface area contributed by atoms with Crippen LogP contribution in [0.3, 0.4) is 0 Å². The van der Waals surface area contributed by atoms with Gasteiger partial charge in [-0.05, 0) is 26.0 Å². The average molecular weight is 324 g/mol. The third-order valence-corrected chi connectivity index (χ3v) is 3.28. The Kier molecular flexibility index (Phi) is 4.39. The molecule has 0 N–H and O–H groups in total. The van der Waals surface area contributed by atoms with E-state index in [2.05, 4.69) is 17.2 Å². The maximum atomic E-state index is 10.4. The zero-order chi connectivity index (χ0) is 15.6. The first-order chi connectivity index (χ1) is 8.99. The Morgan fingerprint density at radius 3 is 1.35 bits per heavy atom. The van der Waals surface area contributed by atoms with Gasteiger partial charge in [-0.3, -0.25) is 0 Å². The van der Waals surface area contributed by atoms with Gasteiger partial charge in [0.1, 0.15) is 11.5 Å². The summed E-state index contributed by atoms with van der Waals surface area (Å²) in [4.78, 5) is 0. The van der Waals surface area contributed by atoms with Crippen LogP contribution < -0.4 is 10.2 Å². The summed E-state index contributed by atoms with van der Waals surface area (Å²) in [6.07, 6.45) is 2.00. The molecule has 20 heavy (non-hydrogen) atoms. The first kappa shape index (κ1) is 16.0. The molecule has 0 saturated carbocycles. The molecule has 12 heteroatoms. The average Bonchev–Trinajstić information content (AvgIpc) is 2.08. The van der Waals surface area contributed by atoms with Gasteiger partial charge in [0.25, 0.3) is 0 Å². The zero-order valence-corrected chi connectivity index (χ0v) is 11.8. The highest BCUT2D eigenvalue weighted by molar-refractivity contribution is 7.86. The van der Waals surface area contributed by atoms with Gasteiger partial charge in [-0.25, -0.2) is 0 Å². The van der Waals surface area contributed by atoms with Crippen LogP contribution in [-0.4, -0.2) is 28.6 Å². The van der Waals surface area contributed by atoms with Gasteiger partial charge < -0.3 is 18.6 Å². The van der Waals surface area contributed by atoms with Crippen LogP contribution >= 0.6 is 0 Å². The van der Waals surface area contributed by atoms with Crippen LogP contribution in [0, 0.1) is 0 Å². The minimum absolute atomic E-state index is 0.0417. The molecule has 2 rings (SSSR count). The summed E-state index contributed by atoms with van der Waals surface area (Å²) in [5.74, 6) is -1.52. The van der Waals surface area contributed by atoms with Crippen molar-refractivity contribution in [3.05, 3.63) is 23.7 Å². The minimum Gasteiger partial charge on any atom is -0.858 e. The molecule has 0 bridgehead atoms. The summed E-state index contributed by atoms with van der Waals surface area (Å²) in [5.41, 5.74) is 0. The monoisotopic (exact) mass is 324 g/mol. The van der Waals surface area contributed by atoms with E-state index in [0.717, 1.165) is 12.2 Å². The highest BCUT2D eigenvalue weighted by Gasteiger charge is 2.13. The fraction of sp³-hybridized carbons (Fsp3) is 0.250. The molecule has 0 saturated heterocycles. The second-order valence-corrected chi connectivity index (χ2v) is 5.80. The Morgan fingerprint density at radius 2 is 1.15 bits per heavy atom. The summed E-state index contributed by atoms with van der Waals surface area (Å²) in [6.45, 7) is 2.73. The summed E-state index contributed by atoms with van der Waals surface area (Å²) in [5, 5.41) is 20.8. The fourth-order valence-electron chi connectivity index (χ4n) is 1.04. The molecule has 0 aromatic rings. The summed E-state index contributed by atoms with van der Waals surface area (Å²) in [6, 6.07) is 0. The smallest absolute Gasteiger partial charge is 0.427 e. The van der Waals surface area contributed by atoms with Gasteiger partial charge in [0, 0.05) is 11.8 Å². The molecule has 0 fully saturated rings. The molecular formula is C8H8N2O8S2-2. The molecule has 0 atom stereocenters. The van der Waals surface area contributed by atoms with Crippen LogP contribution in [0.2, 0.25) is 0 Å². The lowest BCUT2D eigenvalue weighted by molar-refractivity contribution is -0.212. The largest absolute Gasteiger partial charge is 0.858 e. The van der Waals surface area contributed by atoms with Gasteiger partial charge in [-0.15, -0.1) is 8.80 Å². The van der Waals surface area contributed by atoms with Gasteiger partial charge in [0.15, 0.2) is 0 Å². The number of hydrogen-bond donors (Lipinski definition) is 0. The standard InChI is InChI=1S/2C4H5NO4S/c2*1-3-2-4(6)5-10(7,8)9-3/h2*2H,1H3,(H,5,6)/p-2. The second kappa shape index (κ2) is 5.50. The predicted molar refractivity (Wildman–Crippen MR) is 62.4 cm³/mol. The van der Waals surface area contributed by atoms with Crippen LogP contribution in [0.1, 0.15) is 13.8 Å². The van der Waals surface area contributed by atoms with E-state index in [0.29, 0.717) is 0 Å². The Morgan fingerprint density at radius 1 is 0.850 bits per heavy atom. The number of rotatable bonds is 0. The third-order valence-electron chi connectivity index (χ3n) is 1.53. The van der Waals surface area contributed by atoms with Crippen molar-refractivity contribution in [2.45, 2.75) is 13.8 Å². The van der Waals surface area contributed by atoms with Crippen LogP contribution in [0.4, 0.5) is 0 Å². The maximum absolute atomic E-state index is 10.4. The van der Waals surface area contributed by atoms with E-state index in [4.69, 9.17) is 0 Å². The minimum atomic E-state index is -3.97. The van der Waals surface area contributed by atoms with Gasteiger partial charge in [0.2, 0.25) is 0 Å². The van der Waals surface area contributed by atoms with Crippen molar-refractivity contribution < 1.29 is 35.4 Å². The first-order valence-electron chi connectivity index (χ1n) is 4.78. The molecule has 0 spiro atoms.